The Labute approximate surface area is 99.6 Å². The van der Waals surface area contributed by atoms with Crippen LogP contribution in [0.3, 0.4) is 0 Å². The highest BCUT2D eigenvalue weighted by molar-refractivity contribution is 6.36. The number of benzene rings is 1. The molecule has 3 N–H and O–H groups in total. The summed E-state index contributed by atoms with van der Waals surface area (Å²) in [5.74, 6) is -2.06. The monoisotopic (exact) mass is 263 g/mol. The number of halogens is 4. The molecule has 0 radical (unpaired) electrons. The fourth-order valence-electron chi connectivity index (χ4n) is 1.06. The van der Waals surface area contributed by atoms with Crippen molar-refractivity contribution in [2.45, 2.75) is 6.18 Å². The number of nitrogens with one attached hydrogen (secondary N) is 1. The van der Waals surface area contributed by atoms with E-state index in [0.717, 1.165) is 7.11 Å². The van der Waals surface area contributed by atoms with Gasteiger partial charge in [0.25, 0.3) is 0 Å². The maximum atomic E-state index is 13.2. The number of alkyl halides is 3. The molecule has 0 fully saturated rings. The number of nitrogens with zero attached hydrogens (tertiary/aromatic N) is 1. The first kappa shape index (κ1) is 13.9. The predicted molar refractivity (Wildman–Crippen MR) is 57.4 cm³/mol. The molecule has 0 amide bonds. The molecule has 1 aromatic rings. The van der Waals surface area contributed by atoms with Crippen LogP contribution in [0.4, 0.5) is 23.2 Å². The average Bonchev–Trinajstić information content (AvgIpc) is 2.29. The first-order chi connectivity index (χ1) is 8.25. The number of nitrogens with two attached hydrogens (primary N) is 1. The Bertz CT molecular complexity index is 496. The molecule has 0 aromatic heterocycles. The van der Waals surface area contributed by atoms with E-state index < -0.39 is 35.0 Å². The van der Waals surface area contributed by atoms with Crippen LogP contribution < -0.4 is 5.73 Å². The van der Waals surface area contributed by atoms with Crippen LogP contribution in [-0.2, 0) is 10.9 Å². The quantitative estimate of drug-likeness (QED) is 0.464. The summed E-state index contributed by atoms with van der Waals surface area (Å²) in [6.45, 7) is 0. The van der Waals surface area contributed by atoms with Gasteiger partial charge in [0.05, 0.1) is 12.7 Å². The minimum atomic E-state index is -4.61. The van der Waals surface area contributed by atoms with E-state index in [2.05, 4.69) is 9.73 Å². The summed E-state index contributed by atoms with van der Waals surface area (Å²) in [6.07, 6.45) is -4.61. The first-order valence-corrected chi connectivity index (χ1v) is 4.59. The molecule has 18 heavy (non-hydrogen) atoms. The zero-order valence-corrected chi connectivity index (χ0v) is 9.18. The van der Waals surface area contributed by atoms with Gasteiger partial charge in [-0.2, -0.15) is 13.2 Å². The molecule has 0 unspecified atom stereocenters. The van der Waals surface area contributed by atoms with Gasteiger partial charge in [0.15, 0.2) is 5.84 Å². The van der Waals surface area contributed by atoms with E-state index in [1.807, 2.05) is 0 Å². The summed E-state index contributed by atoms with van der Waals surface area (Å²) >= 11 is 0. The van der Waals surface area contributed by atoms with Crippen molar-refractivity contribution in [3.05, 3.63) is 29.6 Å². The average molecular weight is 263 g/mol. The zero-order valence-electron chi connectivity index (χ0n) is 9.18. The highest BCUT2D eigenvalue weighted by Gasteiger charge is 2.31. The smallest absolute Gasteiger partial charge is 0.416 e. The van der Waals surface area contributed by atoms with Crippen molar-refractivity contribution in [1.82, 2.24) is 0 Å². The van der Waals surface area contributed by atoms with Gasteiger partial charge < -0.3 is 10.5 Å². The number of hydrogen-bond donors (Lipinski definition) is 2. The van der Waals surface area contributed by atoms with Crippen LogP contribution in [0.1, 0.15) is 5.56 Å². The van der Waals surface area contributed by atoms with Crippen LogP contribution in [0.15, 0.2) is 23.2 Å². The second kappa shape index (κ2) is 5.03. The molecule has 0 atom stereocenters. The fourth-order valence-corrected chi connectivity index (χ4v) is 1.06. The first-order valence-electron chi connectivity index (χ1n) is 4.59. The molecule has 0 heterocycles. The van der Waals surface area contributed by atoms with Gasteiger partial charge in [-0.3, -0.25) is 5.41 Å². The number of aliphatic imine (C=N–C) groups is 1. The van der Waals surface area contributed by atoms with E-state index in [-0.39, 0.29) is 0 Å². The van der Waals surface area contributed by atoms with Crippen molar-refractivity contribution in [1.29, 1.82) is 5.41 Å². The van der Waals surface area contributed by atoms with Crippen LogP contribution >= 0.6 is 0 Å². The summed E-state index contributed by atoms with van der Waals surface area (Å²) in [6, 6.07) is 1.72. The molecule has 0 saturated carbocycles. The molecule has 0 aliphatic heterocycles. The number of hydrogen-bond acceptors (Lipinski definition) is 3. The highest BCUT2D eigenvalue weighted by atomic mass is 19.4. The molecule has 1 aromatic carbocycles. The topological polar surface area (TPSA) is 71.5 Å². The maximum Gasteiger partial charge on any atom is 0.416 e. The van der Waals surface area contributed by atoms with Crippen molar-refractivity contribution >= 4 is 17.4 Å². The van der Waals surface area contributed by atoms with E-state index >= 15 is 0 Å². The predicted octanol–water partition coefficient (Wildman–Crippen LogP) is 2.46. The Kier molecular flexibility index (Phi) is 3.89. The van der Waals surface area contributed by atoms with Crippen LogP contribution in [0.2, 0.25) is 0 Å². The third-order valence-electron chi connectivity index (χ3n) is 1.95. The number of methoxy groups -OCH3 is 1. The lowest BCUT2D eigenvalue weighted by Crippen LogP contribution is -2.24. The molecule has 4 nitrogen and oxygen atoms in total. The molecule has 1 rings (SSSR count). The Balaban J connectivity index is 3.21. The summed E-state index contributed by atoms with van der Waals surface area (Å²) in [7, 11) is 1.13. The van der Waals surface area contributed by atoms with Gasteiger partial charge in [0, 0.05) is 0 Å². The lowest BCUT2D eigenvalue weighted by atomic mass is 10.2. The van der Waals surface area contributed by atoms with Gasteiger partial charge in [-0.25, -0.2) is 9.38 Å². The normalized spacial score (nSPS) is 12.4. The van der Waals surface area contributed by atoms with Crippen molar-refractivity contribution < 1.29 is 22.3 Å². The van der Waals surface area contributed by atoms with E-state index in [9.17, 15) is 17.6 Å². The Morgan fingerprint density at radius 3 is 2.50 bits per heavy atom. The minimum Gasteiger partial charge on any atom is -0.479 e. The molecule has 8 heteroatoms. The Morgan fingerprint density at radius 1 is 1.39 bits per heavy atom. The van der Waals surface area contributed by atoms with Crippen LogP contribution in [0, 0.1) is 11.2 Å². The van der Waals surface area contributed by atoms with Gasteiger partial charge in [0.1, 0.15) is 11.5 Å². The van der Waals surface area contributed by atoms with Crippen molar-refractivity contribution in [3.8, 4) is 0 Å². The molecular weight excluding hydrogens is 254 g/mol. The highest BCUT2D eigenvalue weighted by Crippen LogP contribution is 2.32. The summed E-state index contributed by atoms with van der Waals surface area (Å²) in [4.78, 5) is 3.37. The van der Waals surface area contributed by atoms with E-state index in [4.69, 9.17) is 11.1 Å². The third kappa shape index (κ3) is 3.19. The number of amidine groups is 1. The SMILES string of the molecule is COC(=N)C(N)=Nc1cc(C(F)(F)F)ccc1F. The lowest BCUT2D eigenvalue weighted by Gasteiger charge is -2.08. The Morgan fingerprint density at radius 2 is 2.00 bits per heavy atom. The van der Waals surface area contributed by atoms with Crippen molar-refractivity contribution in [2.75, 3.05) is 7.11 Å². The third-order valence-corrected chi connectivity index (χ3v) is 1.95. The zero-order chi connectivity index (χ0) is 13.9. The molecule has 0 saturated heterocycles. The van der Waals surface area contributed by atoms with Crippen molar-refractivity contribution in [3.63, 3.8) is 0 Å². The van der Waals surface area contributed by atoms with E-state index in [1.54, 1.807) is 0 Å². The minimum absolute atomic E-state index is 0.505. The van der Waals surface area contributed by atoms with Crippen LogP contribution in [0.5, 0.6) is 0 Å². The lowest BCUT2D eigenvalue weighted by molar-refractivity contribution is -0.137. The Hall–Kier alpha value is -2.12. The molecule has 0 bridgehead atoms. The number of ether oxygens (including phenoxy) is 1. The summed E-state index contributed by atoms with van der Waals surface area (Å²) in [5.41, 5.74) is 3.58. The molecule has 0 spiro atoms. The van der Waals surface area contributed by atoms with Gasteiger partial charge in [-0.15, -0.1) is 0 Å². The standard InChI is InChI=1S/C10H9F4N3O/c1-18-9(16)8(15)17-7-4-5(10(12,13)14)2-3-6(7)11/h2-4,16H,1H3,(H2,15,17). The molecule has 98 valence electrons. The molecule has 0 aliphatic rings. The van der Waals surface area contributed by atoms with Gasteiger partial charge in [-0.1, -0.05) is 0 Å². The second-order valence-corrected chi connectivity index (χ2v) is 3.19. The van der Waals surface area contributed by atoms with Gasteiger partial charge in [0.2, 0.25) is 5.90 Å². The van der Waals surface area contributed by atoms with E-state index in [0.29, 0.717) is 18.2 Å². The van der Waals surface area contributed by atoms with Crippen LogP contribution in [-0.4, -0.2) is 18.8 Å². The number of rotatable bonds is 1. The van der Waals surface area contributed by atoms with Gasteiger partial charge >= 0.3 is 6.18 Å². The summed E-state index contributed by atoms with van der Waals surface area (Å²) in [5, 5.41) is 7.12. The molecular formula is C10H9F4N3O. The molecule has 0 aliphatic carbocycles. The summed E-state index contributed by atoms with van der Waals surface area (Å²) < 4.78 is 54.8. The largest absolute Gasteiger partial charge is 0.479 e. The van der Waals surface area contributed by atoms with Gasteiger partial charge in [-0.05, 0) is 18.2 Å². The maximum absolute atomic E-state index is 13.2. The van der Waals surface area contributed by atoms with Crippen molar-refractivity contribution in [2.24, 2.45) is 10.7 Å². The van der Waals surface area contributed by atoms with E-state index in [1.165, 1.54) is 0 Å². The second-order valence-electron chi connectivity index (χ2n) is 3.19. The van der Waals surface area contributed by atoms with Crippen LogP contribution in [0.25, 0.3) is 0 Å². The fraction of sp³-hybridized carbons (Fsp3) is 0.200.